The van der Waals surface area contributed by atoms with Gasteiger partial charge in [0.05, 0.1) is 18.8 Å². The minimum absolute atomic E-state index is 0.424. The number of carbonyl (C=O) groups excluding carboxylic acids is 1. The fraction of sp³-hybridized carbons (Fsp3) is 0.276. The highest BCUT2D eigenvalue weighted by Gasteiger charge is 2.20. The molecule has 1 fully saturated rings. The first-order chi connectivity index (χ1) is 16.6. The first-order valence-electron chi connectivity index (χ1n) is 11.7. The van der Waals surface area contributed by atoms with E-state index in [1.807, 2.05) is 73.7 Å². The lowest BCUT2D eigenvalue weighted by Gasteiger charge is -2.26. The van der Waals surface area contributed by atoms with Crippen molar-refractivity contribution in [3.8, 4) is 5.75 Å². The zero-order valence-corrected chi connectivity index (χ0v) is 19.9. The van der Waals surface area contributed by atoms with Crippen molar-refractivity contribution in [3.63, 3.8) is 0 Å². The molecule has 0 aromatic heterocycles. The van der Waals surface area contributed by atoms with Gasteiger partial charge >= 0.3 is 0 Å². The van der Waals surface area contributed by atoms with Crippen molar-refractivity contribution < 1.29 is 14.3 Å². The van der Waals surface area contributed by atoms with Crippen LogP contribution in [0.15, 0.2) is 85.5 Å². The number of ether oxygens (including phenoxy) is 2. The maximum Gasteiger partial charge on any atom is 0.253 e. The second-order valence-electron chi connectivity index (χ2n) is 8.07. The minimum Gasteiger partial charge on any atom is -0.491 e. The predicted octanol–water partition coefficient (Wildman–Crippen LogP) is 5.30. The number of carbonyl (C=O) groups is 1. The molecule has 0 saturated carbocycles. The fourth-order valence-corrected chi connectivity index (χ4v) is 3.96. The SMILES string of the molecule is C=CC=CCC=CC=CC=C(C)c1c(C(N)=O)c(OCCN2CCOCC2)cc2ccccc12. The Balaban J connectivity index is 1.87. The number of nitrogens with two attached hydrogens (primary N) is 1. The fourth-order valence-electron chi connectivity index (χ4n) is 3.96. The highest BCUT2D eigenvalue weighted by Crippen LogP contribution is 2.35. The van der Waals surface area contributed by atoms with E-state index in [0.29, 0.717) is 17.9 Å². The highest BCUT2D eigenvalue weighted by molar-refractivity contribution is 6.08. The summed E-state index contributed by atoms with van der Waals surface area (Å²) in [7, 11) is 0. The largest absolute Gasteiger partial charge is 0.491 e. The molecule has 0 bridgehead atoms. The van der Waals surface area contributed by atoms with Crippen LogP contribution < -0.4 is 10.5 Å². The van der Waals surface area contributed by atoms with Gasteiger partial charge in [0.25, 0.3) is 5.91 Å². The van der Waals surface area contributed by atoms with E-state index in [9.17, 15) is 4.79 Å². The van der Waals surface area contributed by atoms with E-state index in [1.54, 1.807) is 6.08 Å². The second kappa shape index (κ2) is 13.3. The number of allylic oxidation sites excluding steroid dienone is 9. The molecule has 1 aliphatic rings. The Morgan fingerprint density at radius 1 is 1.12 bits per heavy atom. The summed E-state index contributed by atoms with van der Waals surface area (Å²) >= 11 is 0. The summed E-state index contributed by atoms with van der Waals surface area (Å²) in [4.78, 5) is 14.9. The van der Waals surface area contributed by atoms with Gasteiger partial charge in [0.1, 0.15) is 12.4 Å². The van der Waals surface area contributed by atoms with Crippen LogP contribution in [0.4, 0.5) is 0 Å². The lowest BCUT2D eigenvalue weighted by Crippen LogP contribution is -2.38. The van der Waals surface area contributed by atoms with E-state index in [2.05, 4.69) is 17.6 Å². The average molecular weight is 459 g/mol. The number of benzene rings is 2. The molecule has 2 aromatic rings. The number of nitrogens with zero attached hydrogens (tertiary/aromatic N) is 1. The molecule has 3 rings (SSSR count). The number of amides is 1. The topological polar surface area (TPSA) is 64.8 Å². The van der Waals surface area contributed by atoms with Crippen molar-refractivity contribution in [1.29, 1.82) is 0 Å². The Morgan fingerprint density at radius 2 is 1.88 bits per heavy atom. The number of fused-ring (bicyclic) bond motifs is 1. The van der Waals surface area contributed by atoms with Crippen molar-refractivity contribution in [2.45, 2.75) is 13.3 Å². The van der Waals surface area contributed by atoms with Crippen LogP contribution in [0.2, 0.25) is 0 Å². The zero-order valence-electron chi connectivity index (χ0n) is 19.9. The third-order valence-electron chi connectivity index (χ3n) is 5.67. The number of primary amides is 1. The highest BCUT2D eigenvalue weighted by atomic mass is 16.5. The van der Waals surface area contributed by atoms with Gasteiger partial charge in [-0.3, -0.25) is 9.69 Å². The summed E-state index contributed by atoms with van der Waals surface area (Å²) in [5.74, 6) is 0.0350. The third kappa shape index (κ3) is 7.04. The molecule has 1 aliphatic heterocycles. The molecule has 5 nitrogen and oxygen atoms in total. The van der Waals surface area contributed by atoms with E-state index >= 15 is 0 Å². The lowest BCUT2D eigenvalue weighted by atomic mass is 9.92. The van der Waals surface area contributed by atoms with Gasteiger partial charge in [-0.05, 0) is 35.8 Å². The third-order valence-corrected chi connectivity index (χ3v) is 5.67. The van der Waals surface area contributed by atoms with Crippen LogP contribution in [0.1, 0.15) is 29.3 Å². The van der Waals surface area contributed by atoms with Crippen LogP contribution in [-0.2, 0) is 4.74 Å². The molecule has 0 spiro atoms. The molecular weight excluding hydrogens is 424 g/mol. The molecule has 1 saturated heterocycles. The average Bonchev–Trinajstić information content (AvgIpc) is 2.85. The summed E-state index contributed by atoms with van der Waals surface area (Å²) in [6.07, 6.45) is 16.6. The van der Waals surface area contributed by atoms with Crippen LogP contribution in [0, 0.1) is 0 Å². The van der Waals surface area contributed by atoms with Crippen molar-refractivity contribution in [1.82, 2.24) is 4.90 Å². The predicted molar refractivity (Wildman–Crippen MR) is 141 cm³/mol. The second-order valence-corrected chi connectivity index (χ2v) is 8.07. The van der Waals surface area contributed by atoms with Gasteiger partial charge < -0.3 is 15.2 Å². The first-order valence-corrected chi connectivity index (χ1v) is 11.7. The Labute approximate surface area is 202 Å². The minimum atomic E-state index is -0.493. The van der Waals surface area contributed by atoms with Crippen molar-refractivity contribution in [3.05, 3.63) is 96.6 Å². The molecule has 0 atom stereocenters. The normalized spacial score (nSPS) is 15.6. The summed E-state index contributed by atoms with van der Waals surface area (Å²) in [6.45, 7) is 10.2. The van der Waals surface area contributed by atoms with Gasteiger partial charge in [-0.1, -0.05) is 79.5 Å². The lowest BCUT2D eigenvalue weighted by molar-refractivity contribution is 0.0322. The van der Waals surface area contributed by atoms with Gasteiger partial charge in [-0.2, -0.15) is 0 Å². The molecule has 34 heavy (non-hydrogen) atoms. The number of hydrogen-bond acceptors (Lipinski definition) is 4. The number of rotatable bonds is 11. The van der Waals surface area contributed by atoms with Crippen molar-refractivity contribution in [2.24, 2.45) is 5.73 Å². The van der Waals surface area contributed by atoms with E-state index in [0.717, 1.165) is 61.2 Å². The summed E-state index contributed by atoms with van der Waals surface area (Å²) < 4.78 is 11.5. The molecule has 0 unspecified atom stereocenters. The van der Waals surface area contributed by atoms with Gasteiger partial charge in [-0.25, -0.2) is 0 Å². The smallest absolute Gasteiger partial charge is 0.253 e. The molecule has 5 heteroatoms. The molecule has 2 aromatic carbocycles. The van der Waals surface area contributed by atoms with Crippen LogP contribution in [0.3, 0.4) is 0 Å². The zero-order chi connectivity index (χ0) is 24.2. The van der Waals surface area contributed by atoms with Crippen molar-refractivity contribution >= 4 is 22.3 Å². The Hall–Kier alpha value is -3.41. The van der Waals surface area contributed by atoms with Gasteiger partial charge in [0.15, 0.2) is 0 Å². The summed E-state index contributed by atoms with van der Waals surface area (Å²) in [6, 6.07) is 9.92. The number of hydrogen-bond donors (Lipinski definition) is 1. The maximum absolute atomic E-state index is 12.6. The summed E-state index contributed by atoms with van der Waals surface area (Å²) in [5.41, 5.74) is 8.06. The van der Waals surface area contributed by atoms with Crippen LogP contribution in [0.25, 0.3) is 16.3 Å². The van der Waals surface area contributed by atoms with Gasteiger partial charge in [0.2, 0.25) is 0 Å². The van der Waals surface area contributed by atoms with Crippen LogP contribution in [-0.4, -0.2) is 50.3 Å². The van der Waals surface area contributed by atoms with Gasteiger partial charge in [-0.15, -0.1) is 0 Å². The standard InChI is InChI=1S/C29H34N2O3/c1-3-4-5-6-7-8-9-10-13-23(2)27-25-15-12-11-14-24(25)22-26(28(27)29(30)32)34-21-18-31-16-19-33-20-17-31/h3-5,7-15,22H,1,6,16-21H2,2H3,(H2,30,32). The molecule has 1 amide bonds. The van der Waals surface area contributed by atoms with E-state index in [1.165, 1.54) is 0 Å². The van der Waals surface area contributed by atoms with Gasteiger partial charge in [0, 0.05) is 25.2 Å². The molecule has 0 aliphatic carbocycles. The van der Waals surface area contributed by atoms with Crippen molar-refractivity contribution in [2.75, 3.05) is 39.5 Å². The Kier molecular flexibility index (Phi) is 9.89. The number of morpholine rings is 1. The monoisotopic (exact) mass is 458 g/mol. The molecular formula is C29H34N2O3. The molecule has 2 N–H and O–H groups in total. The van der Waals surface area contributed by atoms with E-state index in [4.69, 9.17) is 15.2 Å². The van der Waals surface area contributed by atoms with Crippen LogP contribution >= 0.6 is 0 Å². The summed E-state index contributed by atoms with van der Waals surface area (Å²) in [5, 5.41) is 1.98. The molecule has 178 valence electrons. The van der Waals surface area contributed by atoms with E-state index < -0.39 is 5.91 Å². The maximum atomic E-state index is 12.6. The van der Waals surface area contributed by atoms with Crippen LogP contribution in [0.5, 0.6) is 5.75 Å². The Morgan fingerprint density at radius 3 is 2.65 bits per heavy atom. The first kappa shape index (κ1) is 25.2. The van der Waals surface area contributed by atoms with E-state index in [-0.39, 0.29) is 0 Å². The quantitative estimate of drug-likeness (QED) is 0.464. The molecule has 0 radical (unpaired) electrons. The molecule has 1 heterocycles. The Bertz CT molecular complexity index is 1110.